The molecule has 0 radical (unpaired) electrons. The standard InChI is InChI=1S/C12H18N2O3/c1-9-2-3-10(11(15)8-9)12(16)14-5-7-17-6-4-13/h2-3,8,15H,4-7,13H2,1H3,(H,14,16). The van der Waals surface area contributed by atoms with Crippen molar-refractivity contribution in [3.63, 3.8) is 0 Å². The number of nitrogens with one attached hydrogen (secondary N) is 1. The van der Waals surface area contributed by atoms with E-state index >= 15 is 0 Å². The molecule has 5 nitrogen and oxygen atoms in total. The van der Waals surface area contributed by atoms with Crippen LogP contribution in [0.1, 0.15) is 15.9 Å². The van der Waals surface area contributed by atoms with Gasteiger partial charge in [0.25, 0.3) is 5.91 Å². The number of aryl methyl sites for hydroxylation is 1. The maximum Gasteiger partial charge on any atom is 0.255 e. The third-order valence-corrected chi connectivity index (χ3v) is 2.19. The number of carbonyl (C=O) groups excluding carboxylic acids is 1. The van der Waals surface area contributed by atoms with Crippen molar-refractivity contribution in [2.45, 2.75) is 6.92 Å². The molecule has 0 saturated heterocycles. The Morgan fingerprint density at radius 2 is 2.24 bits per heavy atom. The van der Waals surface area contributed by atoms with Gasteiger partial charge in [0.2, 0.25) is 0 Å². The summed E-state index contributed by atoms with van der Waals surface area (Å²) in [6.07, 6.45) is 0. The lowest BCUT2D eigenvalue weighted by atomic mass is 10.1. The number of carbonyl (C=O) groups is 1. The Morgan fingerprint density at radius 3 is 2.88 bits per heavy atom. The Balaban J connectivity index is 2.42. The molecule has 0 bridgehead atoms. The van der Waals surface area contributed by atoms with Crippen molar-refractivity contribution in [1.82, 2.24) is 5.32 Å². The lowest BCUT2D eigenvalue weighted by Gasteiger charge is -2.07. The van der Waals surface area contributed by atoms with Crippen LogP contribution >= 0.6 is 0 Å². The molecule has 0 aliphatic carbocycles. The highest BCUT2D eigenvalue weighted by Gasteiger charge is 2.09. The van der Waals surface area contributed by atoms with Crippen molar-refractivity contribution in [2.75, 3.05) is 26.3 Å². The molecule has 0 unspecified atom stereocenters. The Morgan fingerprint density at radius 1 is 1.47 bits per heavy atom. The number of rotatable bonds is 6. The topological polar surface area (TPSA) is 84.6 Å². The predicted molar refractivity (Wildman–Crippen MR) is 65.1 cm³/mol. The zero-order valence-electron chi connectivity index (χ0n) is 9.90. The molecular weight excluding hydrogens is 220 g/mol. The Bertz CT molecular complexity index is 380. The van der Waals surface area contributed by atoms with Gasteiger partial charge in [0, 0.05) is 13.1 Å². The second-order valence-electron chi connectivity index (χ2n) is 3.68. The van der Waals surface area contributed by atoms with Crippen molar-refractivity contribution >= 4 is 5.91 Å². The molecule has 0 fully saturated rings. The van der Waals surface area contributed by atoms with Crippen LogP contribution in [0.25, 0.3) is 0 Å². The Hall–Kier alpha value is -1.59. The van der Waals surface area contributed by atoms with Crippen molar-refractivity contribution < 1.29 is 14.6 Å². The number of amides is 1. The summed E-state index contributed by atoms with van der Waals surface area (Å²) < 4.78 is 5.12. The van der Waals surface area contributed by atoms with E-state index in [1.54, 1.807) is 18.2 Å². The molecule has 0 aromatic heterocycles. The number of hydrogen-bond donors (Lipinski definition) is 3. The summed E-state index contributed by atoms with van der Waals surface area (Å²) in [7, 11) is 0. The molecule has 94 valence electrons. The smallest absolute Gasteiger partial charge is 0.255 e. The normalized spacial score (nSPS) is 10.2. The van der Waals surface area contributed by atoms with Gasteiger partial charge in [-0.3, -0.25) is 4.79 Å². The lowest BCUT2D eigenvalue weighted by Crippen LogP contribution is -2.28. The van der Waals surface area contributed by atoms with Crippen LogP contribution in [0.4, 0.5) is 0 Å². The molecule has 1 aromatic carbocycles. The number of nitrogens with two attached hydrogens (primary N) is 1. The van der Waals surface area contributed by atoms with Gasteiger partial charge in [0.15, 0.2) is 0 Å². The van der Waals surface area contributed by atoms with Crippen LogP contribution in [0.2, 0.25) is 0 Å². The SMILES string of the molecule is Cc1ccc(C(=O)NCCOCCN)c(O)c1. The summed E-state index contributed by atoms with van der Waals surface area (Å²) in [4.78, 5) is 11.7. The zero-order chi connectivity index (χ0) is 12.7. The van der Waals surface area contributed by atoms with E-state index in [2.05, 4.69) is 5.32 Å². The number of phenols is 1. The third kappa shape index (κ3) is 4.42. The van der Waals surface area contributed by atoms with E-state index in [0.717, 1.165) is 5.56 Å². The molecule has 5 heteroatoms. The van der Waals surface area contributed by atoms with Crippen LogP contribution in [0.5, 0.6) is 5.75 Å². The number of hydrogen-bond acceptors (Lipinski definition) is 4. The van der Waals surface area contributed by atoms with Gasteiger partial charge in [-0.15, -0.1) is 0 Å². The Labute approximate surface area is 101 Å². The van der Waals surface area contributed by atoms with Crippen molar-refractivity contribution in [1.29, 1.82) is 0 Å². The molecule has 1 amide bonds. The van der Waals surface area contributed by atoms with Crippen LogP contribution < -0.4 is 11.1 Å². The maximum absolute atomic E-state index is 11.7. The summed E-state index contributed by atoms with van der Waals surface area (Å²) in [5.74, 6) is -0.316. The molecule has 17 heavy (non-hydrogen) atoms. The summed E-state index contributed by atoms with van der Waals surface area (Å²) in [5, 5.41) is 12.2. The minimum Gasteiger partial charge on any atom is -0.507 e. The molecule has 1 rings (SSSR count). The van der Waals surface area contributed by atoms with Gasteiger partial charge in [-0.1, -0.05) is 6.07 Å². The molecule has 0 spiro atoms. The molecule has 0 aliphatic heterocycles. The average Bonchev–Trinajstić information content (AvgIpc) is 2.28. The monoisotopic (exact) mass is 238 g/mol. The number of ether oxygens (including phenoxy) is 1. The van der Waals surface area contributed by atoms with E-state index in [1.165, 1.54) is 0 Å². The second kappa shape index (κ2) is 6.88. The van der Waals surface area contributed by atoms with Gasteiger partial charge in [0.05, 0.1) is 18.8 Å². The molecule has 0 atom stereocenters. The van der Waals surface area contributed by atoms with E-state index in [0.29, 0.717) is 26.3 Å². The quantitative estimate of drug-likeness (QED) is 0.626. The number of benzene rings is 1. The van der Waals surface area contributed by atoms with Gasteiger partial charge in [-0.25, -0.2) is 0 Å². The van der Waals surface area contributed by atoms with Crippen molar-refractivity contribution in [3.8, 4) is 5.75 Å². The highest BCUT2D eigenvalue weighted by Crippen LogP contribution is 2.17. The first kappa shape index (κ1) is 13.5. The van der Waals surface area contributed by atoms with Crippen molar-refractivity contribution in [3.05, 3.63) is 29.3 Å². The van der Waals surface area contributed by atoms with Crippen molar-refractivity contribution in [2.24, 2.45) is 5.73 Å². The predicted octanol–water partition coefficient (Wildman–Crippen LogP) is 0.406. The molecule has 0 aliphatic rings. The zero-order valence-corrected chi connectivity index (χ0v) is 9.90. The van der Waals surface area contributed by atoms with Crippen LogP contribution in [0.3, 0.4) is 0 Å². The number of phenolic OH excluding ortho intramolecular Hbond substituents is 1. The summed E-state index contributed by atoms with van der Waals surface area (Å²) in [6, 6.07) is 4.93. The highest BCUT2D eigenvalue weighted by molar-refractivity contribution is 5.96. The average molecular weight is 238 g/mol. The third-order valence-electron chi connectivity index (χ3n) is 2.19. The molecule has 4 N–H and O–H groups in total. The van der Waals surface area contributed by atoms with Crippen LogP contribution in [-0.4, -0.2) is 37.3 Å². The fraction of sp³-hybridized carbons (Fsp3) is 0.417. The Kier molecular flexibility index (Phi) is 5.45. The van der Waals surface area contributed by atoms with E-state index < -0.39 is 0 Å². The van der Waals surface area contributed by atoms with Crippen LogP contribution in [0.15, 0.2) is 18.2 Å². The van der Waals surface area contributed by atoms with Gasteiger partial charge >= 0.3 is 0 Å². The maximum atomic E-state index is 11.7. The van der Waals surface area contributed by atoms with Gasteiger partial charge in [-0.05, 0) is 24.6 Å². The van der Waals surface area contributed by atoms with E-state index in [1.807, 2.05) is 6.92 Å². The van der Waals surface area contributed by atoms with Gasteiger partial charge < -0.3 is 20.9 Å². The van der Waals surface area contributed by atoms with Crippen LogP contribution in [-0.2, 0) is 4.74 Å². The second-order valence-corrected chi connectivity index (χ2v) is 3.68. The first-order valence-electron chi connectivity index (χ1n) is 5.50. The minimum absolute atomic E-state index is 0.00891. The fourth-order valence-corrected chi connectivity index (χ4v) is 1.35. The summed E-state index contributed by atoms with van der Waals surface area (Å²) >= 11 is 0. The van der Waals surface area contributed by atoms with E-state index in [9.17, 15) is 9.90 Å². The summed E-state index contributed by atoms with van der Waals surface area (Å²) in [5.41, 5.74) is 6.43. The molecular formula is C12H18N2O3. The molecule has 0 heterocycles. The summed E-state index contributed by atoms with van der Waals surface area (Å²) in [6.45, 7) is 3.60. The first-order valence-corrected chi connectivity index (χ1v) is 5.50. The largest absolute Gasteiger partial charge is 0.507 e. The fourth-order valence-electron chi connectivity index (χ4n) is 1.35. The van der Waals surface area contributed by atoms with Crippen LogP contribution in [0, 0.1) is 6.92 Å². The first-order chi connectivity index (χ1) is 8.15. The van der Waals surface area contributed by atoms with Gasteiger partial charge in [-0.2, -0.15) is 0 Å². The molecule has 0 saturated carbocycles. The number of aromatic hydroxyl groups is 1. The molecule has 1 aromatic rings. The minimum atomic E-state index is -0.307. The van der Waals surface area contributed by atoms with Gasteiger partial charge in [0.1, 0.15) is 5.75 Å². The lowest BCUT2D eigenvalue weighted by molar-refractivity contribution is 0.0917. The van der Waals surface area contributed by atoms with E-state index in [4.69, 9.17) is 10.5 Å². The highest BCUT2D eigenvalue weighted by atomic mass is 16.5. The van der Waals surface area contributed by atoms with E-state index in [-0.39, 0.29) is 17.2 Å².